The number of aromatic nitrogens is 1. The summed E-state index contributed by atoms with van der Waals surface area (Å²) in [7, 11) is 1.59. The summed E-state index contributed by atoms with van der Waals surface area (Å²) in [5, 5.41) is 8.15. The van der Waals surface area contributed by atoms with Crippen LogP contribution >= 0.6 is 11.3 Å². The Morgan fingerprint density at radius 3 is 2.64 bits per heavy atom. The predicted octanol–water partition coefficient (Wildman–Crippen LogP) is 3.66. The molecule has 0 spiro atoms. The minimum Gasteiger partial charge on any atom is -0.497 e. The van der Waals surface area contributed by atoms with Gasteiger partial charge in [-0.25, -0.2) is 4.98 Å². The second-order valence-electron chi connectivity index (χ2n) is 8.35. The normalized spacial score (nSPS) is 13.9. The van der Waals surface area contributed by atoms with Crippen LogP contribution in [0.15, 0.2) is 29.6 Å². The van der Waals surface area contributed by atoms with E-state index >= 15 is 0 Å². The number of amides is 3. The summed E-state index contributed by atoms with van der Waals surface area (Å²) < 4.78 is 5.28. The number of carbonyl (C=O) groups is 3. The SMILES string of the molecule is COc1cccc(CN(CC(=O)NC2CCCCC2)C(=O)CCC(=O)Nc2nc(C)cs2)c1. The van der Waals surface area contributed by atoms with Crippen LogP contribution in [0.4, 0.5) is 5.13 Å². The number of ether oxygens (including phenoxy) is 1. The standard InChI is InChI=1S/C24H32N4O4S/c1-17-16-33-24(25-17)27-21(29)11-12-23(31)28(14-18-7-6-10-20(13-18)32-2)15-22(30)26-19-8-4-3-5-9-19/h6-7,10,13,16,19H,3-5,8-9,11-12,14-15H2,1-2H3,(H,26,30)(H,25,27,29). The Kier molecular flexibility index (Phi) is 9.24. The van der Waals surface area contributed by atoms with Crippen molar-refractivity contribution in [3.63, 3.8) is 0 Å². The minimum absolute atomic E-state index is 0.0108. The number of rotatable bonds is 10. The number of nitrogens with one attached hydrogen (secondary N) is 2. The van der Waals surface area contributed by atoms with Gasteiger partial charge in [0.15, 0.2) is 5.13 Å². The maximum Gasteiger partial charge on any atom is 0.239 e. The summed E-state index contributed by atoms with van der Waals surface area (Å²) in [6.07, 6.45) is 5.43. The number of thiazole rings is 1. The molecule has 1 aliphatic carbocycles. The zero-order valence-electron chi connectivity index (χ0n) is 19.3. The van der Waals surface area contributed by atoms with Crippen molar-refractivity contribution >= 4 is 34.2 Å². The molecule has 2 N–H and O–H groups in total. The van der Waals surface area contributed by atoms with Crippen LogP contribution in [0.5, 0.6) is 5.75 Å². The molecule has 1 heterocycles. The van der Waals surface area contributed by atoms with E-state index in [-0.39, 0.29) is 49.7 Å². The molecule has 0 atom stereocenters. The van der Waals surface area contributed by atoms with Gasteiger partial charge in [-0.05, 0) is 37.5 Å². The fourth-order valence-corrected chi connectivity index (χ4v) is 4.59. The number of anilines is 1. The Morgan fingerprint density at radius 2 is 1.94 bits per heavy atom. The summed E-state index contributed by atoms with van der Waals surface area (Å²) in [5.74, 6) is -0.00157. The quantitative estimate of drug-likeness (QED) is 0.550. The van der Waals surface area contributed by atoms with Crippen molar-refractivity contribution in [2.75, 3.05) is 19.0 Å². The molecular weight excluding hydrogens is 440 g/mol. The molecule has 0 radical (unpaired) electrons. The highest BCUT2D eigenvalue weighted by atomic mass is 32.1. The fraction of sp³-hybridized carbons (Fsp3) is 0.500. The lowest BCUT2D eigenvalue weighted by atomic mass is 9.95. The van der Waals surface area contributed by atoms with Gasteiger partial charge >= 0.3 is 0 Å². The Morgan fingerprint density at radius 1 is 1.15 bits per heavy atom. The van der Waals surface area contributed by atoms with Gasteiger partial charge in [-0.2, -0.15) is 0 Å². The van der Waals surface area contributed by atoms with Crippen molar-refractivity contribution in [1.82, 2.24) is 15.2 Å². The lowest BCUT2D eigenvalue weighted by Gasteiger charge is -2.26. The number of hydrogen-bond acceptors (Lipinski definition) is 6. The van der Waals surface area contributed by atoms with E-state index in [4.69, 9.17) is 4.74 Å². The van der Waals surface area contributed by atoms with E-state index < -0.39 is 0 Å². The van der Waals surface area contributed by atoms with Crippen molar-refractivity contribution in [1.29, 1.82) is 0 Å². The lowest BCUT2D eigenvalue weighted by molar-refractivity contribution is -0.137. The molecule has 3 amide bonds. The van der Waals surface area contributed by atoms with E-state index in [0.29, 0.717) is 10.9 Å². The molecule has 178 valence electrons. The van der Waals surface area contributed by atoms with Crippen molar-refractivity contribution in [2.45, 2.75) is 64.5 Å². The summed E-state index contributed by atoms with van der Waals surface area (Å²) >= 11 is 1.35. The van der Waals surface area contributed by atoms with Crippen molar-refractivity contribution in [3.8, 4) is 5.75 Å². The third-order valence-corrected chi connectivity index (χ3v) is 6.47. The van der Waals surface area contributed by atoms with Gasteiger partial charge in [-0.15, -0.1) is 11.3 Å². The average molecular weight is 473 g/mol. The van der Waals surface area contributed by atoms with Gasteiger partial charge in [-0.1, -0.05) is 31.4 Å². The largest absolute Gasteiger partial charge is 0.497 e. The number of hydrogen-bond donors (Lipinski definition) is 2. The Bertz CT molecular complexity index is 955. The van der Waals surface area contributed by atoms with Crippen molar-refractivity contribution < 1.29 is 19.1 Å². The summed E-state index contributed by atoms with van der Waals surface area (Å²) in [4.78, 5) is 43.7. The van der Waals surface area contributed by atoms with Crippen LogP contribution in [0.1, 0.15) is 56.2 Å². The highest BCUT2D eigenvalue weighted by molar-refractivity contribution is 7.13. The van der Waals surface area contributed by atoms with Crippen LogP contribution < -0.4 is 15.4 Å². The zero-order valence-corrected chi connectivity index (χ0v) is 20.1. The van der Waals surface area contributed by atoms with E-state index in [9.17, 15) is 14.4 Å². The highest BCUT2D eigenvalue weighted by Crippen LogP contribution is 2.19. The molecule has 8 nitrogen and oxygen atoms in total. The summed E-state index contributed by atoms with van der Waals surface area (Å²) in [5.41, 5.74) is 1.69. The van der Waals surface area contributed by atoms with Gasteiger partial charge in [0.05, 0.1) is 19.3 Å². The maximum atomic E-state index is 13.0. The third kappa shape index (κ3) is 8.16. The number of methoxy groups -OCH3 is 1. The zero-order chi connectivity index (χ0) is 23.6. The van der Waals surface area contributed by atoms with Gasteiger partial charge in [0.2, 0.25) is 17.7 Å². The van der Waals surface area contributed by atoms with Crippen LogP contribution in [0.3, 0.4) is 0 Å². The van der Waals surface area contributed by atoms with Crippen LogP contribution in [0, 0.1) is 6.92 Å². The van der Waals surface area contributed by atoms with E-state index in [1.807, 2.05) is 36.6 Å². The number of nitrogens with zero attached hydrogens (tertiary/aromatic N) is 2. The fourth-order valence-electron chi connectivity index (χ4n) is 3.89. The molecular formula is C24H32N4O4S. The molecule has 9 heteroatoms. The summed E-state index contributed by atoms with van der Waals surface area (Å²) in [6, 6.07) is 7.59. The Balaban J connectivity index is 1.60. The van der Waals surface area contributed by atoms with E-state index in [1.165, 1.54) is 22.7 Å². The topological polar surface area (TPSA) is 101 Å². The van der Waals surface area contributed by atoms with E-state index in [1.54, 1.807) is 7.11 Å². The molecule has 1 aromatic carbocycles. The molecule has 1 fully saturated rings. The average Bonchev–Trinajstić information content (AvgIpc) is 3.22. The van der Waals surface area contributed by atoms with Gasteiger partial charge in [0, 0.05) is 30.8 Å². The van der Waals surface area contributed by atoms with Crippen LogP contribution in [-0.2, 0) is 20.9 Å². The first-order valence-electron chi connectivity index (χ1n) is 11.3. The number of aryl methyl sites for hydroxylation is 1. The molecule has 1 aromatic heterocycles. The van der Waals surface area contributed by atoms with Crippen LogP contribution in [-0.4, -0.2) is 47.3 Å². The molecule has 0 aliphatic heterocycles. The summed E-state index contributed by atoms with van der Waals surface area (Å²) in [6.45, 7) is 2.08. The lowest BCUT2D eigenvalue weighted by Crippen LogP contribution is -2.44. The first kappa shape index (κ1) is 24.7. The molecule has 1 saturated carbocycles. The minimum atomic E-state index is -0.273. The van der Waals surface area contributed by atoms with Gasteiger partial charge in [-0.3, -0.25) is 14.4 Å². The molecule has 0 bridgehead atoms. The van der Waals surface area contributed by atoms with E-state index in [0.717, 1.165) is 36.9 Å². The molecule has 1 aliphatic rings. The monoisotopic (exact) mass is 472 g/mol. The first-order chi connectivity index (χ1) is 15.9. The molecule has 0 unspecified atom stereocenters. The van der Waals surface area contributed by atoms with Gasteiger partial charge in [0.1, 0.15) is 5.75 Å². The molecule has 3 rings (SSSR count). The number of carbonyl (C=O) groups excluding carboxylic acids is 3. The predicted molar refractivity (Wildman–Crippen MR) is 128 cm³/mol. The van der Waals surface area contributed by atoms with Crippen LogP contribution in [0.25, 0.3) is 0 Å². The Labute approximate surface area is 198 Å². The first-order valence-corrected chi connectivity index (χ1v) is 12.2. The second-order valence-corrected chi connectivity index (χ2v) is 9.20. The Hall–Kier alpha value is -2.94. The molecule has 33 heavy (non-hydrogen) atoms. The smallest absolute Gasteiger partial charge is 0.239 e. The highest BCUT2D eigenvalue weighted by Gasteiger charge is 2.22. The van der Waals surface area contributed by atoms with Crippen molar-refractivity contribution in [3.05, 3.63) is 40.9 Å². The third-order valence-electron chi connectivity index (χ3n) is 5.60. The van der Waals surface area contributed by atoms with E-state index in [2.05, 4.69) is 15.6 Å². The van der Waals surface area contributed by atoms with Crippen LogP contribution in [0.2, 0.25) is 0 Å². The van der Waals surface area contributed by atoms with Gasteiger partial charge < -0.3 is 20.3 Å². The second kappa shape index (κ2) is 12.3. The van der Waals surface area contributed by atoms with Gasteiger partial charge in [0.25, 0.3) is 0 Å². The molecule has 0 saturated heterocycles. The molecule has 2 aromatic rings. The van der Waals surface area contributed by atoms with Crippen molar-refractivity contribution in [2.24, 2.45) is 0 Å². The maximum absolute atomic E-state index is 13.0. The number of benzene rings is 1.